The zero-order valence-electron chi connectivity index (χ0n) is 16.5. The van der Waals surface area contributed by atoms with E-state index in [4.69, 9.17) is 5.10 Å². The molecule has 0 fully saturated rings. The van der Waals surface area contributed by atoms with E-state index in [2.05, 4.69) is 21.0 Å². The Labute approximate surface area is 165 Å². The number of carbonyl (C=O) groups excluding carboxylic acids is 1. The molecule has 0 atom stereocenters. The smallest absolute Gasteiger partial charge is 0.251 e. The van der Waals surface area contributed by atoms with Crippen molar-refractivity contribution in [3.05, 3.63) is 70.5 Å². The second-order valence-electron chi connectivity index (χ2n) is 7.55. The van der Waals surface area contributed by atoms with E-state index >= 15 is 0 Å². The summed E-state index contributed by atoms with van der Waals surface area (Å²) in [7, 11) is 0. The van der Waals surface area contributed by atoms with Gasteiger partial charge in [0.15, 0.2) is 0 Å². The highest BCUT2D eigenvalue weighted by atomic mass is 16.1. The Balaban J connectivity index is 1.49. The number of aromatic nitrogens is 3. The van der Waals surface area contributed by atoms with Crippen molar-refractivity contribution in [1.82, 2.24) is 20.1 Å². The summed E-state index contributed by atoms with van der Waals surface area (Å²) >= 11 is 0. The number of rotatable bonds is 5. The van der Waals surface area contributed by atoms with E-state index < -0.39 is 0 Å². The van der Waals surface area contributed by atoms with Crippen LogP contribution in [0.25, 0.3) is 11.4 Å². The molecule has 0 unspecified atom stereocenters. The van der Waals surface area contributed by atoms with Crippen LogP contribution >= 0.6 is 0 Å². The predicted octanol–water partition coefficient (Wildman–Crippen LogP) is 3.87. The van der Waals surface area contributed by atoms with Gasteiger partial charge in [-0.2, -0.15) is 5.10 Å². The molecule has 1 aliphatic rings. The average molecular weight is 374 g/mol. The van der Waals surface area contributed by atoms with Gasteiger partial charge in [0.1, 0.15) is 5.69 Å². The number of hydrogen-bond donors (Lipinski definition) is 1. The lowest BCUT2D eigenvalue weighted by atomic mass is 9.95. The lowest BCUT2D eigenvalue weighted by Crippen LogP contribution is -2.28. The fourth-order valence-corrected chi connectivity index (χ4v) is 4.05. The van der Waals surface area contributed by atoms with Crippen LogP contribution in [0.3, 0.4) is 0 Å². The summed E-state index contributed by atoms with van der Waals surface area (Å²) in [6, 6.07) is 11.9. The summed E-state index contributed by atoms with van der Waals surface area (Å²) in [5.41, 5.74) is 7.47. The molecule has 1 N–H and O–H groups in total. The maximum Gasteiger partial charge on any atom is 0.251 e. The molecule has 28 heavy (non-hydrogen) atoms. The molecule has 1 amide bonds. The molecule has 0 spiro atoms. The van der Waals surface area contributed by atoms with Gasteiger partial charge in [0.25, 0.3) is 5.91 Å². The third-order valence-electron chi connectivity index (χ3n) is 5.26. The van der Waals surface area contributed by atoms with E-state index in [1.807, 2.05) is 50.4 Å². The van der Waals surface area contributed by atoms with Crippen molar-refractivity contribution in [3.8, 4) is 11.4 Å². The zero-order chi connectivity index (χ0) is 19.5. The minimum atomic E-state index is -0.0298. The van der Waals surface area contributed by atoms with Crippen LogP contribution in [0.5, 0.6) is 0 Å². The Hall–Kier alpha value is -2.95. The van der Waals surface area contributed by atoms with Gasteiger partial charge in [0.05, 0.1) is 12.2 Å². The summed E-state index contributed by atoms with van der Waals surface area (Å²) in [4.78, 5) is 17.0. The first-order valence-corrected chi connectivity index (χ1v) is 9.98. The van der Waals surface area contributed by atoms with Crippen molar-refractivity contribution in [2.24, 2.45) is 0 Å². The Bertz CT molecular complexity index is 971. The number of hydrogen-bond acceptors (Lipinski definition) is 3. The molecule has 1 aliphatic carbocycles. The van der Waals surface area contributed by atoms with Crippen LogP contribution in [-0.4, -0.2) is 27.2 Å². The molecular weight excluding hydrogens is 348 g/mol. The summed E-state index contributed by atoms with van der Waals surface area (Å²) in [6.07, 6.45) is 6.29. The Morgan fingerprint density at radius 2 is 1.89 bits per heavy atom. The van der Waals surface area contributed by atoms with E-state index in [-0.39, 0.29) is 5.91 Å². The quantitative estimate of drug-likeness (QED) is 0.737. The van der Waals surface area contributed by atoms with Crippen molar-refractivity contribution >= 4 is 5.91 Å². The van der Waals surface area contributed by atoms with Crippen LogP contribution in [0.2, 0.25) is 0 Å². The average Bonchev–Trinajstić information content (AvgIpc) is 3.07. The molecule has 0 aliphatic heterocycles. The highest BCUT2D eigenvalue weighted by Crippen LogP contribution is 2.30. The van der Waals surface area contributed by atoms with Crippen LogP contribution in [0, 0.1) is 13.8 Å². The Kier molecular flexibility index (Phi) is 5.24. The molecular formula is C23H26N4O. The second-order valence-corrected chi connectivity index (χ2v) is 7.55. The summed E-state index contributed by atoms with van der Waals surface area (Å²) < 4.78 is 2.07. The number of amides is 1. The van der Waals surface area contributed by atoms with Gasteiger partial charge < -0.3 is 5.32 Å². The molecule has 0 saturated heterocycles. The van der Waals surface area contributed by atoms with Crippen LogP contribution in [0.4, 0.5) is 0 Å². The molecule has 2 heterocycles. The van der Waals surface area contributed by atoms with Crippen LogP contribution < -0.4 is 5.32 Å². The third-order valence-corrected chi connectivity index (χ3v) is 5.26. The molecule has 0 bridgehead atoms. The van der Waals surface area contributed by atoms with E-state index in [1.165, 1.54) is 24.1 Å². The molecule has 3 aromatic rings. The van der Waals surface area contributed by atoms with Crippen molar-refractivity contribution in [1.29, 1.82) is 0 Å². The van der Waals surface area contributed by atoms with Gasteiger partial charge in [-0.3, -0.25) is 14.5 Å². The molecule has 5 nitrogen and oxygen atoms in total. The standard InChI is InChI=1S/C23H26N4O/c1-16-13-17(2)15-18(14-16)23(28)25-11-12-27-21-9-4-3-7-19(21)22(26-27)20-8-5-6-10-24-20/h5-6,8,10,13-15H,3-4,7,9,11-12H2,1-2H3,(H,25,28). The largest absolute Gasteiger partial charge is 0.350 e. The fourth-order valence-electron chi connectivity index (χ4n) is 4.05. The van der Waals surface area contributed by atoms with Gasteiger partial charge in [0.2, 0.25) is 0 Å². The maximum atomic E-state index is 12.5. The summed E-state index contributed by atoms with van der Waals surface area (Å²) in [5, 5.41) is 7.91. The van der Waals surface area contributed by atoms with E-state index in [1.54, 1.807) is 0 Å². The summed E-state index contributed by atoms with van der Waals surface area (Å²) in [5.74, 6) is -0.0298. The number of pyridine rings is 1. The van der Waals surface area contributed by atoms with Crippen LogP contribution in [0.1, 0.15) is 45.6 Å². The molecule has 0 saturated carbocycles. The molecule has 4 rings (SSSR count). The van der Waals surface area contributed by atoms with Crippen molar-refractivity contribution in [2.45, 2.75) is 46.1 Å². The monoisotopic (exact) mass is 374 g/mol. The van der Waals surface area contributed by atoms with E-state index in [0.29, 0.717) is 18.7 Å². The number of fused-ring (bicyclic) bond motifs is 1. The topological polar surface area (TPSA) is 59.8 Å². The minimum Gasteiger partial charge on any atom is -0.350 e. The maximum absolute atomic E-state index is 12.5. The molecule has 0 radical (unpaired) electrons. The first kappa shape index (κ1) is 18.4. The zero-order valence-corrected chi connectivity index (χ0v) is 16.5. The lowest BCUT2D eigenvalue weighted by molar-refractivity contribution is 0.0951. The minimum absolute atomic E-state index is 0.0298. The van der Waals surface area contributed by atoms with Gasteiger partial charge in [-0.15, -0.1) is 0 Å². The predicted molar refractivity (Wildman–Crippen MR) is 110 cm³/mol. The highest BCUT2D eigenvalue weighted by molar-refractivity contribution is 5.94. The first-order chi connectivity index (χ1) is 13.6. The number of nitrogens with one attached hydrogen (secondary N) is 1. The van der Waals surface area contributed by atoms with Crippen LogP contribution in [0.15, 0.2) is 42.6 Å². The van der Waals surface area contributed by atoms with Gasteiger partial charge >= 0.3 is 0 Å². The van der Waals surface area contributed by atoms with E-state index in [0.717, 1.165) is 35.4 Å². The SMILES string of the molecule is Cc1cc(C)cc(C(=O)NCCn2nc(-c3ccccn3)c3c2CCCC3)c1. The van der Waals surface area contributed by atoms with Crippen LogP contribution in [-0.2, 0) is 19.4 Å². The normalized spacial score (nSPS) is 13.2. The van der Waals surface area contributed by atoms with Gasteiger partial charge in [-0.1, -0.05) is 23.3 Å². The molecule has 1 aromatic carbocycles. The fraction of sp³-hybridized carbons (Fsp3) is 0.348. The number of benzene rings is 1. The Morgan fingerprint density at radius 3 is 2.64 bits per heavy atom. The summed E-state index contributed by atoms with van der Waals surface area (Å²) in [6.45, 7) is 5.26. The van der Waals surface area contributed by atoms with Gasteiger partial charge in [-0.25, -0.2) is 0 Å². The third kappa shape index (κ3) is 3.84. The molecule has 144 valence electrons. The van der Waals surface area contributed by atoms with Crippen molar-refractivity contribution in [3.63, 3.8) is 0 Å². The van der Waals surface area contributed by atoms with Gasteiger partial charge in [-0.05, 0) is 63.8 Å². The Morgan fingerprint density at radius 1 is 1.11 bits per heavy atom. The lowest BCUT2D eigenvalue weighted by Gasteiger charge is -2.14. The number of aryl methyl sites for hydroxylation is 2. The second kappa shape index (κ2) is 7.97. The molecule has 5 heteroatoms. The number of carbonyl (C=O) groups is 1. The molecule has 2 aromatic heterocycles. The van der Waals surface area contributed by atoms with Crippen molar-refractivity contribution in [2.75, 3.05) is 6.54 Å². The van der Waals surface area contributed by atoms with E-state index in [9.17, 15) is 4.79 Å². The highest BCUT2D eigenvalue weighted by Gasteiger charge is 2.22. The number of nitrogens with zero attached hydrogens (tertiary/aromatic N) is 3. The first-order valence-electron chi connectivity index (χ1n) is 9.98. The van der Waals surface area contributed by atoms with Gasteiger partial charge in [0, 0.05) is 29.6 Å². The van der Waals surface area contributed by atoms with Crippen molar-refractivity contribution < 1.29 is 4.79 Å².